The molecule has 0 bridgehead atoms. The van der Waals surface area contributed by atoms with Gasteiger partial charge < -0.3 is 5.48 Å². The van der Waals surface area contributed by atoms with E-state index in [9.17, 15) is 0 Å². The van der Waals surface area contributed by atoms with Gasteiger partial charge in [-0.2, -0.15) is 0 Å². The van der Waals surface area contributed by atoms with Crippen LogP contribution in [0.1, 0.15) is 0 Å². The van der Waals surface area contributed by atoms with Crippen LogP contribution in [0.4, 0.5) is 0 Å². The molecule has 0 aromatic heterocycles. The molecule has 0 aromatic carbocycles. The van der Waals surface area contributed by atoms with Crippen LogP contribution in [0.5, 0.6) is 0 Å². The molecule has 13 heteroatoms. The third kappa shape index (κ3) is 395. The molecule has 0 amide bonds. The van der Waals surface area contributed by atoms with Gasteiger partial charge in [0.2, 0.25) is 0 Å². The van der Waals surface area contributed by atoms with Gasteiger partial charge in [0.1, 0.15) is 0 Å². The van der Waals surface area contributed by atoms with Crippen LogP contribution in [0.3, 0.4) is 0 Å². The molecule has 0 fully saturated rings. The fourth-order valence-corrected chi connectivity index (χ4v) is 0. The molecular weight excluding hydrogens is 316 g/mol. The van der Waals surface area contributed by atoms with Crippen molar-refractivity contribution in [2.45, 2.75) is 0 Å². The van der Waals surface area contributed by atoms with E-state index < -0.39 is 25.9 Å². The topological polar surface area (TPSA) is 180 Å². The van der Waals surface area contributed by atoms with E-state index >= 15 is 0 Å². The molecule has 13 heavy (non-hydrogen) atoms. The molecule has 0 aliphatic rings. The average Bonchev–Trinajstić information content (AvgIpc) is 1.12. The summed E-state index contributed by atoms with van der Waals surface area (Å²) in [4.78, 5) is 0. The van der Waals surface area contributed by atoms with E-state index in [0.717, 1.165) is 0 Å². The normalized spacial score (nSPS) is 8.77. The van der Waals surface area contributed by atoms with E-state index in [2.05, 4.69) is 0 Å². The van der Waals surface area contributed by atoms with E-state index in [-0.39, 0.29) is 86.4 Å². The van der Waals surface area contributed by atoms with Crippen LogP contribution in [0, 0.1) is 0 Å². The quantitative estimate of drug-likeness (QED) is 0.394. The van der Waals surface area contributed by atoms with Gasteiger partial charge in [-0.15, -0.1) is 0 Å². The van der Waals surface area contributed by atoms with Crippen LogP contribution in [-0.2, 0) is 48.9 Å². The van der Waals surface area contributed by atoms with Crippen LogP contribution in [0.15, 0.2) is 0 Å². The number of hydrogen-bond acceptors (Lipinski definition) is 8. The zero-order valence-corrected chi connectivity index (χ0v) is 14.0. The fraction of sp³-hybridized carbons (Fsp3) is 0. The molecule has 0 aliphatic carbocycles. The molecule has 0 aliphatic heterocycles. The number of rotatable bonds is 0. The van der Waals surface area contributed by atoms with Crippen molar-refractivity contribution in [3.63, 3.8) is 0 Å². The zero-order chi connectivity index (χ0) is 9.00. The van der Waals surface area contributed by atoms with Crippen LogP contribution < -0.4 is 89.3 Å². The Morgan fingerprint density at radius 1 is 0.692 bits per heavy atom. The van der Waals surface area contributed by atoms with Crippen molar-refractivity contribution in [1.29, 1.82) is 0 Å². The molecule has 0 spiro atoms. The molecule has 0 rings (SSSR count). The van der Waals surface area contributed by atoms with Gasteiger partial charge in [0.05, 0.1) is 0 Å². The molecule has 2 N–H and O–H groups in total. The van der Waals surface area contributed by atoms with Crippen molar-refractivity contribution in [2.75, 3.05) is 0 Å². The number of hydrogen-bond donors (Lipinski definition) is 0. The van der Waals surface area contributed by atoms with Crippen LogP contribution in [-0.4, -0.2) is 5.48 Å². The fourth-order valence-electron chi connectivity index (χ4n) is 0. The van der Waals surface area contributed by atoms with Gasteiger partial charge in [-0.1, -0.05) is 0 Å². The Labute approximate surface area is 141 Å². The summed E-state index contributed by atoms with van der Waals surface area (Å²) in [6, 6.07) is 0. The Morgan fingerprint density at radius 2 is 0.692 bits per heavy atom. The summed E-state index contributed by atoms with van der Waals surface area (Å²) in [5, 5.41) is 0. The molecular formula is H2KMn2NaO9. The predicted molar refractivity (Wildman–Crippen MR) is 7.73 cm³/mol. The maximum atomic E-state index is 8.58. The van der Waals surface area contributed by atoms with Crippen LogP contribution in [0.25, 0.3) is 0 Å². The van der Waals surface area contributed by atoms with Gasteiger partial charge in [0.15, 0.2) is 0 Å². The molecule has 0 atom stereocenters. The van der Waals surface area contributed by atoms with E-state index in [1.54, 1.807) is 0 Å². The summed E-state index contributed by atoms with van der Waals surface area (Å²) in [6.45, 7) is 0. The van der Waals surface area contributed by atoms with Crippen LogP contribution in [0.2, 0.25) is 0 Å². The second-order valence-electron chi connectivity index (χ2n) is 0.756. The molecule has 0 saturated carbocycles. The molecule has 0 unspecified atom stereocenters. The summed E-state index contributed by atoms with van der Waals surface area (Å²) in [5.41, 5.74) is 0. The Bertz CT molecular complexity index is 302. The van der Waals surface area contributed by atoms with E-state index in [0.29, 0.717) is 0 Å². The van der Waals surface area contributed by atoms with Gasteiger partial charge >= 0.3 is 138 Å². The monoisotopic (exact) mass is 318 g/mol. The van der Waals surface area contributed by atoms with E-state index in [1.165, 1.54) is 0 Å². The van der Waals surface area contributed by atoms with Gasteiger partial charge in [-0.25, -0.2) is 0 Å². The Morgan fingerprint density at radius 3 is 0.692 bits per heavy atom. The van der Waals surface area contributed by atoms with Crippen molar-refractivity contribution in [1.82, 2.24) is 0 Å². The van der Waals surface area contributed by atoms with E-state index in [1.807, 2.05) is 0 Å². The summed E-state index contributed by atoms with van der Waals surface area (Å²) >= 11 is -11.2. The first-order valence-corrected chi connectivity index (χ1v) is 5.09. The van der Waals surface area contributed by atoms with Crippen molar-refractivity contribution in [3.8, 4) is 0 Å². The SMILES string of the molecule is O.[K+].[Na+].[O]=[Mn](=[O])(=[O])[O-].[O]=[Mn](=[O])(=[O])[O-]. The first-order chi connectivity index (χ1) is 4.00. The van der Waals surface area contributed by atoms with Crippen molar-refractivity contribution in [2.24, 2.45) is 0 Å². The predicted octanol–water partition coefficient (Wildman–Crippen LogP) is -9.91. The molecule has 9 nitrogen and oxygen atoms in total. The van der Waals surface area contributed by atoms with Gasteiger partial charge in [0.25, 0.3) is 0 Å². The summed E-state index contributed by atoms with van der Waals surface area (Å²) in [5.74, 6) is 0. The summed E-state index contributed by atoms with van der Waals surface area (Å²) < 4.78 is 68.6. The van der Waals surface area contributed by atoms with Gasteiger partial charge in [0, 0.05) is 0 Å². The summed E-state index contributed by atoms with van der Waals surface area (Å²) in [7, 11) is 0. The first-order valence-electron chi connectivity index (χ1n) is 1.23. The Kier molecular flexibility index (Phi) is 28.2. The van der Waals surface area contributed by atoms with Crippen molar-refractivity contribution in [3.05, 3.63) is 0 Å². The minimum atomic E-state index is -5.62. The van der Waals surface area contributed by atoms with E-state index in [4.69, 9.17) is 31.4 Å². The van der Waals surface area contributed by atoms with Gasteiger partial charge in [-0.05, 0) is 0 Å². The van der Waals surface area contributed by atoms with Gasteiger partial charge in [-0.3, -0.25) is 0 Å². The zero-order valence-electron chi connectivity index (χ0n) is 6.52. The second kappa shape index (κ2) is 12.4. The van der Waals surface area contributed by atoms with Crippen molar-refractivity contribution >= 4 is 0 Å². The maximum absolute atomic E-state index is 8.58. The second-order valence-corrected chi connectivity index (χ2v) is 3.12. The third-order valence-corrected chi connectivity index (χ3v) is 0. The molecule has 0 heterocycles. The van der Waals surface area contributed by atoms with Crippen LogP contribution >= 0.6 is 0 Å². The Hall–Kier alpha value is 2.36. The molecule has 0 aromatic rings. The summed E-state index contributed by atoms with van der Waals surface area (Å²) in [6.07, 6.45) is 0. The standard InChI is InChI=1S/K.2Mn.Na.H2O.8O/h;;;;1H2;;;;;;;;/q+1;;;+1;;;;;;;;2*-1. The third-order valence-electron chi connectivity index (χ3n) is 0. The van der Waals surface area contributed by atoms with Crippen molar-refractivity contribution < 1.29 is 144 Å². The minimum absolute atomic E-state index is 0. The average molecular weight is 318 g/mol. The first kappa shape index (κ1) is 29.5. The molecule has 72 valence electrons. The molecule has 0 saturated heterocycles. The Balaban J connectivity index is -0.0000000267. The molecule has 0 radical (unpaired) electrons.